The van der Waals surface area contributed by atoms with E-state index in [-0.39, 0.29) is 22.3 Å². The Kier molecular flexibility index (Phi) is 7.20. The van der Waals surface area contributed by atoms with Crippen molar-refractivity contribution in [3.63, 3.8) is 0 Å². The molecule has 0 radical (unpaired) electrons. The van der Waals surface area contributed by atoms with Crippen LogP contribution in [-0.2, 0) is 14.8 Å². The molecular formula is C20H18ClN3O4S2. The number of nitrogens with one attached hydrogen (secondary N) is 2. The number of benzene rings is 2. The number of sulfonamides is 1. The van der Waals surface area contributed by atoms with Crippen LogP contribution in [0.3, 0.4) is 0 Å². The van der Waals surface area contributed by atoms with E-state index in [9.17, 15) is 13.2 Å². The lowest BCUT2D eigenvalue weighted by atomic mass is 10.3. The van der Waals surface area contributed by atoms with Gasteiger partial charge in [0, 0.05) is 33.7 Å². The van der Waals surface area contributed by atoms with Crippen LogP contribution >= 0.6 is 23.4 Å². The van der Waals surface area contributed by atoms with Gasteiger partial charge in [-0.15, -0.1) is 11.8 Å². The quantitative estimate of drug-likeness (QED) is 0.484. The molecule has 2 aromatic carbocycles. The van der Waals surface area contributed by atoms with E-state index in [0.717, 1.165) is 4.90 Å². The molecule has 1 heterocycles. The van der Waals surface area contributed by atoms with Gasteiger partial charge in [0.1, 0.15) is 10.6 Å². The first-order valence-electron chi connectivity index (χ1n) is 8.66. The highest BCUT2D eigenvalue weighted by atomic mass is 35.5. The van der Waals surface area contributed by atoms with E-state index in [1.165, 1.54) is 31.0 Å². The summed E-state index contributed by atoms with van der Waals surface area (Å²) in [5, 5.41) is 3.20. The Morgan fingerprint density at radius 3 is 2.40 bits per heavy atom. The Morgan fingerprint density at radius 1 is 1.07 bits per heavy atom. The highest BCUT2D eigenvalue weighted by Gasteiger charge is 2.21. The van der Waals surface area contributed by atoms with Crippen LogP contribution in [0.2, 0.25) is 5.02 Å². The molecule has 1 aromatic heterocycles. The number of anilines is 2. The van der Waals surface area contributed by atoms with Gasteiger partial charge in [-0.25, -0.2) is 8.42 Å². The molecule has 0 aliphatic heterocycles. The summed E-state index contributed by atoms with van der Waals surface area (Å²) < 4.78 is 33.4. The number of nitrogens with zero attached hydrogens (tertiary/aromatic N) is 1. The number of hydrogen-bond acceptors (Lipinski definition) is 6. The molecule has 0 aliphatic rings. The number of carbonyl (C=O) groups is 1. The predicted octanol–water partition coefficient (Wildman–Crippen LogP) is 4.28. The summed E-state index contributed by atoms with van der Waals surface area (Å²) in [5.41, 5.74) is 0.692. The fourth-order valence-corrected chi connectivity index (χ4v) is 4.54. The molecule has 7 nitrogen and oxygen atoms in total. The lowest BCUT2D eigenvalue weighted by Crippen LogP contribution is -2.17. The molecule has 0 unspecified atom stereocenters. The zero-order valence-electron chi connectivity index (χ0n) is 15.8. The number of hydrogen-bond donors (Lipinski definition) is 2. The minimum Gasteiger partial charge on any atom is -0.495 e. The number of pyridine rings is 1. The zero-order valence-corrected chi connectivity index (χ0v) is 18.2. The summed E-state index contributed by atoms with van der Waals surface area (Å²) in [5.74, 6) is 0.0536. The summed E-state index contributed by atoms with van der Waals surface area (Å²) in [6.45, 7) is 0. The van der Waals surface area contributed by atoms with E-state index >= 15 is 0 Å². The third-order valence-electron chi connectivity index (χ3n) is 3.85. The van der Waals surface area contributed by atoms with Crippen molar-refractivity contribution in [1.82, 2.24) is 4.98 Å². The minimum absolute atomic E-state index is 0.0977. The van der Waals surface area contributed by atoms with E-state index in [0.29, 0.717) is 16.4 Å². The van der Waals surface area contributed by atoms with Gasteiger partial charge in [-0.3, -0.25) is 14.5 Å². The summed E-state index contributed by atoms with van der Waals surface area (Å²) in [4.78, 5) is 17.0. The Morgan fingerprint density at radius 2 is 1.73 bits per heavy atom. The second-order valence-electron chi connectivity index (χ2n) is 6.00. The largest absolute Gasteiger partial charge is 0.495 e. The van der Waals surface area contributed by atoms with Gasteiger partial charge in [0.2, 0.25) is 5.91 Å². The van der Waals surface area contributed by atoms with Gasteiger partial charge in [-0.1, -0.05) is 11.6 Å². The summed E-state index contributed by atoms with van der Waals surface area (Å²) in [6.07, 6.45) is 3.29. The second-order valence-corrected chi connectivity index (χ2v) is 9.13. The van der Waals surface area contributed by atoms with Crippen molar-refractivity contribution in [2.24, 2.45) is 0 Å². The zero-order chi connectivity index (χ0) is 21.6. The second kappa shape index (κ2) is 9.84. The Balaban J connectivity index is 1.75. The van der Waals surface area contributed by atoms with Gasteiger partial charge in [0.05, 0.1) is 12.9 Å². The van der Waals surface area contributed by atoms with Gasteiger partial charge >= 0.3 is 0 Å². The van der Waals surface area contributed by atoms with E-state index in [4.69, 9.17) is 16.3 Å². The molecule has 0 fully saturated rings. The first-order valence-corrected chi connectivity index (χ1v) is 11.5. The monoisotopic (exact) mass is 463 g/mol. The number of amides is 1. The molecule has 30 heavy (non-hydrogen) atoms. The maximum Gasteiger partial charge on any atom is 0.265 e. The van der Waals surface area contributed by atoms with Crippen LogP contribution in [0.1, 0.15) is 0 Å². The SMILES string of the molecule is COc1ccc(NC(=O)CSc2ccncc2)cc1S(=O)(=O)Nc1ccc(Cl)cc1. The van der Waals surface area contributed by atoms with Crippen LogP contribution in [0, 0.1) is 0 Å². The van der Waals surface area contributed by atoms with Crippen molar-refractivity contribution in [3.8, 4) is 5.75 Å². The van der Waals surface area contributed by atoms with Crippen LogP contribution in [0.5, 0.6) is 5.75 Å². The van der Waals surface area contributed by atoms with Crippen LogP contribution in [0.15, 0.2) is 76.8 Å². The summed E-state index contributed by atoms with van der Waals surface area (Å²) in [7, 11) is -2.59. The lowest BCUT2D eigenvalue weighted by Gasteiger charge is -2.14. The Hall–Kier alpha value is -2.75. The molecule has 0 saturated carbocycles. The first-order chi connectivity index (χ1) is 14.4. The van der Waals surface area contributed by atoms with Crippen LogP contribution in [0.4, 0.5) is 11.4 Å². The van der Waals surface area contributed by atoms with E-state index in [1.807, 2.05) is 0 Å². The molecule has 10 heteroatoms. The first kappa shape index (κ1) is 21.9. The molecule has 3 rings (SSSR count). The predicted molar refractivity (Wildman–Crippen MR) is 119 cm³/mol. The fourth-order valence-electron chi connectivity index (χ4n) is 2.47. The molecule has 156 valence electrons. The normalized spacial score (nSPS) is 11.0. The van der Waals surface area contributed by atoms with Crippen molar-refractivity contribution < 1.29 is 17.9 Å². The van der Waals surface area contributed by atoms with E-state index < -0.39 is 10.0 Å². The average molecular weight is 464 g/mol. The Labute approximate surface area is 183 Å². The highest BCUT2D eigenvalue weighted by molar-refractivity contribution is 8.00. The maximum absolute atomic E-state index is 12.9. The van der Waals surface area contributed by atoms with Crippen LogP contribution in [-0.4, -0.2) is 32.2 Å². The molecule has 3 aromatic rings. The highest BCUT2D eigenvalue weighted by Crippen LogP contribution is 2.29. The van der Waals surface area contributed by atoms with Crippen molar-refractivity contribution in [2.45, 2.75) is 9.79 Å². The smallest absolute Gasteiger partial charge is 0.265 e. The molecule has 0 atom stereocenters. The van der Waals surface area contributed by atoms with Crippen LogP contribution in [0.25, 0.3) is 0 Å². The maximum atomic E-state index is 12.9. The summed E-state index contributed by atoms with van der Waals surface area (Å²) >= 11 is 7.19. The van der Waals surface area contributed by atoms with Gasteiger partial charge in [-0.05, 0) is 54.6 Å². The van der Waals surface area contributed by atoms with Crippen molar-refractivity contribution in [1.29, 1.82) is 0 Å². The molecule has 2 N–H and O–H groups in total. The number of halogens is 1. The van der Waals surface area contributed by atoms with E-state index in [1.54, 1.807) is 54.9 Å². The van der Waals surface area contributed by atoms with E-state index in [2.05, 4.69) is 15.0 Å². The molecule has 1 amide bonds. The number of methoxy groups -OCH3 is 1. The Bertz CT molecular complexity index is 1120. The molecule has 0 spiro atoms. The molecule has 0 saturated heterocycles. The van der Waals surface area contributed by atoms with Gasteiger partial charge < -0.3 is 10.1 Å². The van der Waals surface area contributed by atoms with Crippen molar-refractivity contribution in [3.05, 3.63) is 72.0 Å². The number of ether oxygens (including phenoxy) is 1. The van der Waals surface area contributed by atoms with Gasteiger partial charge in [-0.2, -0.15) is 0 Å². The molecular weight excluding hydrogens is 446 g/mol. The topological polar surface area (TPSA) is 97.4 Å². The van der Waals surface area contributed by atoms with Gasteiger partial charge in [0.25, 0.3) is 10.0 Å². The molecule has 0 bridgehead atoms. The number of rotatable bonds is 8. The lowest BCUT2D eigenvalue weighted by molar-refractivity contribution is -0.113. The number of aromatic nitrogens is 1. The average Bonchev–Trinajstić information content (AvgIpc) is 2.74. The molecule has 0 aliphatic carbocycles. The summed E-state index contributed by atoms with van der Waals surface area (Å²) in [6, 6.07) is 14.3. The minimum atomic E-state index is -3.96. The fraction of sp³-hybridized carbons (Fsp3) is 0.100. The number of carbonyl (C=O) groups excluding carboxylic acids is 1. The van der Waals surface area contributed by atoms with Crippen LogP contribution < -0.4 is 14.8 Å². The third kappa shape index (κ3) is 5.88. The third-order valence-corrected chi connectivity index (χ3v) is 6.52. The number of thioether (sulfide) groups is 1. The van der Waals surface area contributed by atoms with Gasteiger partial charge in [0.15, 0.2) is 0 Å². The standard InChI is InChI=1S/C20H18ClN3O4S2/c1-28-18-7-6-16(23-20(25)13-29-17-8-10-22-11-9-17)12-19(18)30(26,27)24-15-4-2-14(21)3-5-15/h2-12,24H,13H2,1H3,(H,23,25). The van der Waals surface area contributed by atoms with Crippen molar-refractivity contribution in [2.75, 3.05) is 22.9 Å². The van der Waals surface area contributed by atoms with Crippen molar-refractivity contribution >= 4 is 50.7 Å².